The molecule has 2 heteroatoms. The van der Waals surface area contributed by atoms with Crippen molar-refractivity contribution in [1.82, 2.24) is 0 Å². The number of hydrogen-bond acceptors (Lipinski definition) is 2. The van der Waals surface area contributed by atoms with Crippen molar-refractivity contribution in [2.24, 2.45) is 22.7 Å². The zero-order valence-corrected chi connectivity index (χ0v) is 14.9. The highest BCUT2D eigenvalue weighted by atomic mass is 16.3. The topological polar surface area (TPSA) is 40.5 Å². The van der Waals surface area contributed by atoms with Gasteiger partial charge in [0.25, 0.3) is 0 Å². The Morgan fingerprint density at radius 3 is 2.57 bits per heavy atom. The van der Waals surface area contributed by atoms with E-state index in [0.717, 1.165) is 12.0 Å². The lowest BCUT2D eigenvalue weighted by atomic mass is 9.49. The second kappa shape index (κ2) is 5.58. The van der Waals surface area contributed by atoms with E-state index in [1.54, 1.807) is 23.8 Å². The van der Waals surface area contributed by atoms with Crippen molar-refractivity contribution in [1.29, 1.82) is 0 Å². The van der Waals surface area contributed by atoms with Crippen LogP contribution in [-0.2, 0) is 6.42 Å². The first-order valence-electron chi connectivity index (χ1n) is 8.99. The van der Waals surface area contributed by atoms with Gasteiger partial charge in [-0.25, -0.2) is 0 Å². The fourth-order valence-electron chi connectivity index (χ4n) is 5.04. The van der Waals surface area contributed by atoms with Crippen LogP contribution in [0.4, 0.5) is 0 Å². The molecule has 1 aromatic carbocycles. The molecule has 3 rings (SSSR count). The molecule has 1 fully saturated rings. The molecule has 0 aromatic heterocycles. The predicted molar refractivity (Wildman–Crippen MR) is 94.6 cm³/mol. The number of phenolic OH excluding ortho intramolecular Hbond substituents is 2. The Kier molecular flexibility index (Phi) is 3.98. The zero-order chi connectivity index (χ0) is 16.8. The molecule has 2 nitrogen and oxygen atoms in total. The number of phenols is 2. The van der Waals surface area contributed by atoms with Crippen molar-refractivity contribution in [2.75, 3.05) is 0 Å². The van der Waals surface area contributed by atoms with Crippen LogP contribution in [0.5, 0.6) is 11.5 Å². The third kappa shape index (κ3) is 2.56. The fourth-order valence-corrected chi connectivity index (χ4v) is 5.04. The second-order valence-electron chi connectivity index (χ2n) is 8.36. The second-order valence-corrected chi connectivity index (χ2v) is 8.36. The van der Waals surface area contributed by atoms with Gasteiger partial charge in [-0.05, 0) is 78.5 Å². The highest BCUT2D eigenvalue weighted by Gasteiger charge is 2.50. The first kappa shape index (κ1) is 16.4. The van der Waals surface area contributed by atoms with Gasteiger partial charge in [0.05, 0.1) is 0 Å². The first-order chi connectivity index (χ1) is 10.8. The molecular weight excluding hydrogens is 284 g/mol. The summed E-state index contributed by atoms with van der Waals surface area (Å²) in [5.41, 5.74) is 2.78. The van der Waals surface area contributed by atoms with Crippen molar-refractivity contribution >= 4 is 0 Å². The van der Waals surface area contributed by atoms with Crippen molar-refractivity contribution in [3.8, 4) is 11.5 Å². The number of rotatable bonds is 2. The van der Waals surface area contributed by atoms with Gasteiger partial charge in [0.2, 0.25) is 0 Å². The molecule has 2 aliphatic rings. The van der Waals surface area contributed by atoms with E-state index in [0.29, 0.717) is 17.6 Å². The van der Waals surface area contributed by atoms with Gasteiger partial charge in [-0.1, -0.05) is 39.3 Å². The predicted octanol–water partition coefficient (Wildman–Crippen LogP) is 5.44. The number of fused-ring (bicyclic) bond motifs is 1. The van der Waals surface area contributed by atoms with Crippen molar-refractivity contribution in [3.05, 3.63) is 35.4 Å². The van der Waals surface area contributed by atoms with Crippen molar-refractivity contribution < 1.29 is 10.2 Å². The minimum absolute atomic E-state index is 0.0486. The summed E-state index contributed by atoms with van der Waals surface area (Å²) >= 11 is 0. The summed E-state index contributed by atoms with van der Waals surface area (Å²) in [5, 5.41) is 20.1. The Bertz CT molecular complexity index is 633. The third-order valence-electron chi connectivity index (χ3n) is 7.07. The maximum atomic E-state index is 10.2. The van der Waals surface area contributed by atoms with Gasteiger partial charge in [0.15, 0.2) is 0 Å². The lowest BCUT2D eigenvalue weighted by molar-refractivity contribution is 0.0668. The minimum Gasteiger partial charge on any atom is -0.508 e. The van der Waals surface area contributed by atoms with Crippen LogP contribution in [0.2, 0.25) is 0 Å². The third-order valence-corrected chi connectivity index (χ3v) is 7.07. The van der Waals surface area contributed by atoms with Crippen LogP contribution >= 0.6 is 0 Å². The quantitative estimate of drug-likeness (QED) is 0.564. The SMILES string of the molecule is CC1CCC=C2C1(C)CCC(C)C2(C)Cc1cc(O)ccc1O. The highest BCUT2D eigenvalue weighted by molar-refractivity contribution is 5.41. The van der Waals surface area contributed by atoms with E-state index in [1.807, 2.05) is 0 Å². The smallest absolute Gasteiger partial charge is 0.119 e. The molecule has 1 aromatic rings. The van der Waals surface area contributed by atoms with Crippen LogP contribution in [0.15, 0.2) is 29.8 Å². The van der Waals surface area contributed by atoms with Crippen LogP contribution < -0.4 is 0 Å². The molecule has 126 valence electrons. The van der Waals surface area contributed by atoms with Gasteiger partial charge >= 0.3 is 0 Å². The molecule has 0 saturated heterocycles. The molecule has 4 unspecified atom stereocenters. The van der Waals surface area contributed by atoms with E-state index in [4.69, 9.17) is 0 Å². The van der Waals surface area contributed by atoms with E-state index in [1.165, 1.54) is 25.7 Å². The molecule has 0 heterocycles. The van der Waals surface area contributed by atoms with Crippen LogP contribution in [0.25, 0.3) is 0 Å². The summed E-state index contributed by atoms with van der Waals surface area (Å²) < 4.78 is 0. The molecule has 0 aliphatic heterocycles. The maximum absolute atomic E-state index is 10.2. The van der Waals surface area contributed by atoms with Crippen LogP contribution in [0, 0.1) is 22.7 Å². The molecular formula is C21H30O2. The Morgan fingerprint density at radius 2 is 1.83 bits per heavy atom. The lowest BCUT2D eigenvalue weighted by Gasteiger charge is -2.55. The van der Waals surface area contributed by atoms with E-state index in [9.17, 15) is 10.2 Å². The fraction of sp³-hybridized carbons (Fsp3) is 0.619. The lowest BCUT2D eigenvalue weighted by Crippen LogP contribution is -2.46. The van der Waals surface area contributed by atoms with Crippen LogP contribution in [0.1, 0.15) is 58.9 Å². The van der Waals surface area contributed by atoms with Gasteiger partial charge in [-0.15, -0.1) is 0 Å². The monoisotopic (exact) mass is 314 g/mol. The Labute approximate surface area is 140 Å². The molecule has 0 spiro atoms. The van der Waals surface area contributed by atoms with E-state index < -0.39 is 0 Å². The molecule has 0 bridgehead atoms. The molecule has 4 atom stereocenters. The molecule has 0 amide bonds. The summed E-state index contributed by atoms with van der Waals surface area (Å²) in [6.45, 7) is 9.55. The Balaban J connectivity index is 2.03. The molecule has 2 aliphatic carbocycles. The van der Waals surface area contributed by atoms with Crippen LogP contribution in [-0.4, -0.2) is 10.2 Å². The Morgan fingerprint density at radius 1 is 1.09 bits per heavy atom. The molecule has 23 heavy (non-hydrogen) atoms. The summed E-state index contributed by atoms with van der Waals surface area (Å²) in [5.74, 6) is 1.83. The molecule has 0 radical (unpaired) electrons. The van der Waals surface area contributed by atoms with Crippen molar-refractivity contribution in [3.63, 3.8) is 0 Å². The number of hydrogen-bond donors (Lipinski definition) is 2. The van der Waals surface area contributed by atoms with Gasteiger partial charge in [-0.3, -0.25) is 0 Å². The summed E-state index contributed by atoms with van der Waals surface area (Å²) in [4.78, 5) is 0. The van der Waals surface area contributed by atoms with Gasteiger partial charge in [0.1, 0.15) is 11.5 Å². The van der Waals surface area contributed by atoms with E-state index in [-0.39, 0.29) is 16.6 Å². The van der Waals surface area contributed by atoms with Gasteiger partial charge in [-0.2, -0.15) is 0 Å². The summed E-state index contributed by atoms with van der Waals surface area (Å²) in [6.07, 6.45) is 8.22. The zero-order valence-electron chi connectivity index (χ0n) is 14.9. The van der Waals surface area contributed by atoms with E-state index in [2.05, 4.69) is 33.8 Å². The van der Waals surface area contributed by atoms with Gasteiger partial charge in [0, 0.05) is 0 Å². The largest absolute Gasteiger partial charge is 0.508 e. The number of allylic oxidation sites excluding steroid dienone is 2. The first-order valence-corrected chi connectivity index (χ1v) is 8.99. The van der Waals surface area contributed by atoms with Crippen molar-refractivity contribution in [2.45, 2.75) is 59.8 Å². The standard InChI is InChI=1S/C21H30O2/c1-14-6-5-7-19-20(14,3)11-10-15(2)21(19,4)13-16-12-17(22)8-9-18(16)23/h7-9,12,14-15,22-23H,5-6,10-11,13H2,1-4H3. The summed E-state index contributed by atoms with van der Waals surface area (Å²) in [7, 11) is 0. The number of benzene rings is 1. The normalized spacial score (nSPS) is 37.1. The number of aromatic hydroxyl groups is 2. The van der Waals surface area contributed by atoms with Crippen LogP contribution in [0.3, 0.4) is 0 Å². The molecule has 2 N–H and O–H groups in total. The van der Waals surface area contributed by atoms with Gasteiger partial charge < -0.3 is 10.2 Å². The molecule has 1 saturated carbocycles. The minimum atomic E-state index is 0.0486. The maximum Gasteiger partial charge on any atom is 0.119 e. The Hall–Kier alpha value is -1.44. The highest BCUT2D eigenvalue weighted by Crippen LogP contribution is 2.60. The van der Waals surface area contributed by atoms with E-state index >= 15 is 0 Å². The average Bonchev–Trinajstić information content (AvgIpc) is 2.50. The average molecular weight is 314 g/mol. The summed E-state index contributed by atoms with van der Waals surface area (Å²) in [6, 6.07) is 4.89.